The Hall–Kier alpha value is -2.86. The summed E-state index contributed by atoms with van der Waals surface area (Å²) in [6.45, 7) is 0.455. The van der Waals surface area contributed by atoms with Gasteiger partial charge in [0.15, 0.2) is 9.84 Å². The molecular weight excluding hydrogens is 374 g/mol. The summed E-state index contributed by atoms with van der Waals surface area (Å²) in [5.74, 6) is 0.582. The Kier molecular flexibility index (Phi) is 5.70. The Labute approximate surface area is 165 Å². The lowest BCUT2D eigenvalue weighted by Crippen LogP contribution is -2.26. The first-order chi connectivity index (χ1) is 13.2. The number of carbonyl (C=O) groups excluding carboxylic acids is 1. The van der Waals surface area contributed by atoms with Crippen molar-refractivity contribution in [2.24, 2.45) is 0 Å². The van der Waals surface area contributed by atoms with Crippen LogP contribution >= 0.6 is 0 Å². The zero-order chi connectivity index (χ0) is 20.3. The predicted octanol–water partition coefficient (Wildman–Crippen LogP) is 3.67. The second-order valence-corrected chi connectivity index (χ2v) is 9.12. The molecule has 3 aromatic carbocycles. The van der Waals surface area contributed by atoms with Crippen molar-refractivity contribution < 1.29 is 17.9 Å². The van der Waals surface area contributed by atoms with Crippen molar-refractivity contribution in [1.82, 2.24) is 4.90 Å². The maximum atomic E-state index is 12.8. The Morgan fingerprint density at radius 3 is 2.39 bits per heavy atom. The second kappa shape index (κ2) is 8.02. The summed E-state index contributed by atoms with van der Waals surface area (Å²) in [6, 6.07) is 18.7. The number of hydrogen-bond acceptors (Lipinski definition) is 4. The number of fused-ring (bicyclic) bond motifs is 1. The lowest BCUT2D eigenvalue weighted by atomic mass is 10.1. The van der Waals surface area contributed by atoms with Gasteiger partial charge in [-0.3, -0.25) is 4.79 Å². The molecule has 0 N–H and O–H groups in total. The van der Waals surface area contributed by atoms with Gasteiger partial charge in [0.05, 0.1) is 12.9 Å². The van der Waals surface area contributed by atoms with Gasteiger partial charge in [-0.1, -0.05) is 30.3 Å². The van der Waals surface area contributed by atoms with E-state index in [1.807, 2.05) is 30.3 Å². The van der Waals surface area contributed by atoms with Crippen molar-refractivity contribution >= 4 is 26.5 Å². The van der Waals surface area contributed by atoms with Crippen molar-refractivity contribution in [1.29, 1.82) is 0 Å². The molecule has 0 spiro atoms. The van der Waals surface area contributed by atoms with E-state index in [1.54, 1.807) is 43.3 Å². The first-order valence-electron chi connectivity index (χ1n) is 8.84. The molecule has 5 nitrogen and oxygen atoms in total. The minimum Gasteiger partial charge on any atom is -0.497 e. The van der Waals surface area contributed by atoms with Crippen LogP contribution in [-0.4, -0.2) is 39.6 Å². The highest BCUT2D eigenvalue weighted by Crippen LogP contribution is 2.22. The van der Waals surface area contributed by atoms with E-state index in [2.05, 4.69) is 6.07 Å². The number of amides is 1. The number of methoxy groups -OCH3 is 1. The third kappa shape index (κ3) is 4.89. The molecular formula is C22H23NO4S. The van der Waals surface area contributed by atoms with Crippen LogP contribution in [0.3, 0.4) is 0 Å². The molecule has 0 saturated carbocycles. The van der Waals surface area contributed by atoms with E-state index in [4.69, 9.17) is 4.74 Å². The summed E-state index contributed by atoms with van der Waals surface area (Å²) < 4.78 is 28.2. The second-order valence-electron chi connectivity index (χ2n) is 6.98. The van der Waals surface area contributed by atoms with Gasteiger partial charge in [-0.25, -0.2) is 8.42 Å². The molecule has 146 valence electrons. The summed E-state index contributed by atoms with van der Waals surface area (Å²) >= 11 is 0. The molecule has 0 bridgehead atoms. The predicted molar refractivity (Wildman–Crippen MR) is 111 cm³/mol. The normalized spacial score (nSPS) is 11.4. The summed E-state index contributed by atoms with van der Waals surface area (Å²) in [6.07, 6.45) is 1.18. The van der Waals surface area contributed by atoms with Crippen LogP contribution in [0, 0.1) is 0 Å². The van der Waals surface area contributed by atoms with Crippen LogP contribution < -0.4 is 4.74 Å². The van der Waals surface area contributed by atoms with Crippen LogP contribution in [0.25, 0.3) is 10.8 Å². The van der Waals surface area contributed by atoms with Gasteiger partial charge >= 0.3 is 0 Å². The number of sulfone groups is 1. The number of hydrogen-bond donors (Lipinski definition) is 0. The van der Waals surface area contributed by atoms with Crippen LogP contribution in [0.2, 0.25) is 0 Å². The van der Waals surface area contributed by atoms with Crippen LogP contribution in [0.5, 0.6) is 5.75 Å². The van der Waals surface area contributed by atoms with Crippen molar-refractivity contribution in [3.8, 4) is 5.75 Å². The fraction of sp³-hybridized carbons (Fsp3) is 0.227. The number of rotatable bonds is 6. The highest BCUT2D eigenvalue weighted by atomic mass is 32.2. The average Bonchev–Trinajstić information content (AvgIpc) is 2.65. The molecule has 0 heterocycles. The van der Waals surface area contributed by atoms with Gasteiger partial charge in [-0.15, -0.1) is 0 Å². The molecule has 3 rings (SSSR count). The molecule has 0 unspecified atom stereocenters. The fourth-order valence-corrected chi connectivity index (χ4v) is 3.95. The van der Waals surface area contributed by atoms with E-state index in [0.717, 1.165) is 22.1 Å². The lowest BCUT2D eigenvalue weighted by molar-refractivity contribution is 0.0785. The van der Waals surface area contributed by atoms with E-state index in [0.29, 0.717) is 17.7 Å². The van der Waals surface area contributed by atoms with Crippen molar-refractivity contribution in [3.63, 3.8) is 0 Å². The van der Waals surface area contributed by atoms with Crippen LogP contribution in [-0.2, 0) is 22.1 Å². The zero-order valence-corrected chi connectivity index (χ0v) is 17.0. The number of nitrogens with zero attached hydrogens (tertiary/aromatic N) is 1. The smallest absolute Gasteiger partial charge is 0.253 e. The highest BCUT2D eigenvalue weighted by molar-refractivity contribution is 7.89. The Morgan fingerprint density at radius 2 is 1.68 bits per heavy atom. The van der Waals surface area contributed by atoms with Crippen molar-refractivity contribution in [2.45, 2.75) is 12.3 Å². The molecule has 0 saturated heterocycles. The molecule has 0 aliphatic rings. The average molecular weight is 397 g/mol. The third-order valence-corrected chi connectivity index (χ3v) is 5.34. The maximum Gasteiger partial charge on any atom is 0.253 e. The van der Waals surface area contributed by atoms with Gasteiger partial charge in [0.1, 0.15) is 5.75 Å². The maximum absolute atomic E-state index is 12.8. The molecule has 0 atom stereocenters. The van der Waals surface area contributed by atoms with Crippen LogP contribution in [0.1, 0.15) is 21.5 Å². The van der Waals surface area contributed by atoms with Gasteiger partial charge in [0.2, 0.25) is 0 Å². The minimum atomic E-state index is -3.15. The molecule has 0 radical (unpaired) electrons. The first kappa shape index (κ1) is 19.9. The summed E-state index contributed by atoms with van der Waals surface area (Å²) in [4.78, 5) is 14.4. The molecule has 0 aliphatic carbocycles. The fourth-order valence-electron chi connectivity index (χ4n) is 3.16. The molecule has 6 heteroatoms. The quantitative estimate of drug-likeness (QED) is 0.637. The first-order valence-corrected chi connectivity index (χ1v) is 10.9. The molecule has 28 heavy (non-hydrogen) atoms. The molecule has 3 aromatic rings. The van der Waals surface area contributed by atoms with Gasteiger partial charge < -0.3 is 9.64 Å². The lowest BCUT2D eigenvalue weighted by Gasteiger charge is -2.18. The van der Waals surface area contributed by atoms with Crippen LogP contribution in [0.4, 0.5) is 0 Å². The molecule has 0 aliphatic heterocycles. The summed E-state index contributed by atoms with van der Waals surface area (Å²) in [5, 5.41) is 2.15. The van der Waals surface area contributed by atoms with E-state index in [-0.39, 0.29) is 11.7 Å². The third-order valence-electron chi connectivity index (χ3n) is 4.48. The topological polar surface area (TPSA) is 63.7 Å². The zero-order valence-electron chi connectivity index (χ0n) is 16.2. The van der Waals surface area contributed by atoms with E-state index in [1.165, 1.54) is 6.26 Å². The summed E-state index contributed by atoms with van der Waals surface area (Å²) in [7, 11) is 0.232. The van der Waals surface area contributed by atoms with Crippen molar-refractivity contribution in [2.75, 3.05) is 20.4 Å². The number of ether oxygens (including phenoxy) is 1. The molecule has 0 aromatic heterocycles. The van der Waals surface area contributed by atoms with Gasteiger partial charge in [0.25, 0.3) is 5.91 Å². The Morgan fingerprint density at radius 1 is 0.964 bits per heavy atom. The Balaban J connectivity index is 1.77. The molecule has 1 amide bonds. The Bertz CT molecular complexity index is 1120. The SMILES string of the molecule is COc1ccc2cc(CN(C)C(=O)c3cccc(CS(C)(=O)=O)c3)ccc2c1. The largest absolute Gasteiger partial charge is 0.497 e. The van der Waals surface area contributed by atoms with E-state index < -0.39 is 9.84 Å². The van der Waals surface area contributed by atoms with Gasteiger partial charge in [-0.05, 0) is 52.2 Å². The minimum absolute atomic E-state index is 0.0774. The van der Waals surface area contributed by atoms with Crippen LogP contribution in [0.15, 0.2) is 60.7 Å². The van der Waals surface area contributed by atoms with E-state index in [9.17, 15) is 13.2 Å². The standard InChI is InChI=1S/C22H23NO4S/c1-23(22(24)20-6-4-5-17(12-20)15-28(3,25)26)14-16-7-8-19-13-21(27-2)10-9-18(19)11-16/h4-13H,14-15H2,1-3H3. The van der Waals surface area contributed by atoms with Gasteiger partial charge in [-0.2, -0.15) is 0 Å². The van der Waals surface area contributed by atoms with E-state index >= 15 is 0 Å². The van der Waals surface area contributed by atoms with Gasteiger partial charge in [0, 0.05) is 25.4 Å². The number of benzene rings is 3. The van der Waals surface area contributed by atoms with Crippen molar-refractivity contribution in [3.05, 3.63) is 77.4 Å². The molecule has 0 fully saturated rings. The highest BCUT2D eigenvalue weighted by Gasteiger charge is 2.14. The number of carbonyl (C=O) groups is 1. The monoisotopic (exact) mass is 397 g/mol. The summed E-state index contributed by atoms with van der Waals surface area (Å²) in [5.41, 5.74) is 2.11.